The number of hydrogen-bond acceptors (Lipinski definition) is 2. The largest absolute Gasteiger partial charge is 0.437 e. The third kappa shape index (κ3) is 2.79. The van der Waals surface area contributed by atoms with Gasteiger partial charge in [-0.3, -0.25) is 0 Å². The van der Waals surface area contributed by atoms with Crippen molar-refractivity contribution in [3.05, 3.63) is 0 Å². The molecule has 0 amide bonds. The first-order valence-corrected chi connectivity index (χ1v) is 5.16. The standard InChI is InChI=1S/C9H20BNO/c1-3-4-9-5-7-11(8-6-9)10(2)12/h9,12H,3-8H2,1-2H3. The summed E-state index contributed by atoms with van der Waals surface area (Å²) in [7, 11) is -0.243. The van der Waals surface area contributed by atoms with Gasteiger partial charge in [0.1, 0.15) is 0 Å². The Hall–Kier alpha value is -0.0151. The summed E-state index contributed by atoms with van der Waals surface area (Å²) in [5.74, 6) is 0.921. The zero-order chi connectivity index (χ0) is 8.97. The molecule has 1 saturated heterocycles. The van der Waals surface area contributed by atoms with E-state index in [1.54, 1.807) is 0 Å². The Morgan fingerprint density at radius 1 is 1.42 bits per heavy atom. The lowest BCUT2D eigenvalue weighted by Gasteiger charge is -2.32. The van der Waals surface area contributed by atoms with E-state index < -0.39 is 0 Å². The van der Waals surface area contributed by atoms with Crippen LogP contribution in [-0.2, 0) is 0 Å². The number of nitrogens with zero attached hydrogens (tertiary/aromatic N) is 1. The average molecular weight is 169 g/mol. The van der Waals surface area contributed by atoms with Crippen LogP contribution in [0.15, 0.2) is 0 Å². The Labute approximate surface area is 76.1 Å². The summed E-state index contributed by atoms with van der Waals surface area (Å²) < 4.78 is 0. The topological polar surface area (TPSA) is 23.5 Å². The molecule has 1 N–H and O–H groups in total. The van der Waals surface area contributed by atoms with E-state index in [0.29, 0.717) is 0 Å². The quantitative estimate of drug-likeness (QED) is 0.648. The third-order valence-corrected chi connectivity index (χ3v) is 2.87. The normalized spacial score (nSPS) is 21.2. The maximum atomic E-state index is 9.32. The maximum Gasteiger partial charge on any atom is 0.376 e. The molecule has 0 aromatic carbocycles. The summed E-state index contributed by atoms with van der Waals surface area (Å²) in [6, 6.07) is 0. The third-order valence-electron chi connectivity index (χ3n) is 2.87. The first-order chi connectivity index (χ1) is 5.74. The lowest BCUT2D eigenvalue weighted by molar-refractivity contribution is 0.241. The molecule has 0 spiro atoms. The van der Waals surface area contributed by atoms with Crippen molar-refractivity contribution in [3.8, 4) is 0 Å². The van der Waals surface area contributed by atoms with Gasteiger partial charge in [-0.1, -0.05) is 19.8 Å². The predicted molar refractivity (Wildman–Crippen MR) is 53.0 cm³/mol. The van der Waals surface area contributed by atoms with Crippen LogP contribution in [0.1, 0.15) is 32.6 Å². The minimum absolute atomic E-state index is 0.243. The van der Waals surface area contributed by atoms with E-state index in [1.807, 2.05) is 6.82 Å². The molecule has 1 fully saturated rings. The smallest absolute Gasteiger partial charge is 0.376 e. The van der Waals surface area contributed by atoms with Gasteiger partial charge in [0.25, 0.3) is 0 Å². The first-order valence-electron chi connectivity index (χ1n) is 5.16. The predicted octanol–water partition coefficient (Wildman–Crippen LogP) is 1.61. The molecule has 1 heterocycles. The Morgan fingerprint density at radius 2 is 2.00 bits per heavy atom. The minimum atomic E-state index is -0.243. The van der Waals surface area contributed by atoms with Crippen LogP contribution < -0.4 is 0 Å². The molecular weight excluding hydrogens is 149 g/mol. The molecule has 0 radical (unpaired) electrons. The molecule has 0 aliphatic carbocycles. The number of hydrogen-bond donors (Lipinski definition) is 1. The second kappa shape index (κ2) is 4.88. The molecule has 3 heteroatoms. The van der Waals surface area contributed by atoms with Crippen LogP contribution in [-0.4, -0.2) is 30.0 Å². The van der Waals surface area contributed by atoms with Crippen molar-refractivity contribution in [3.63, 3.8) is 0 Å². The van der Waals surface area contributed by atoms with Gasteiger partial charge < -0.3 is 9.83 Å². The minimum Gasteiger partial charge on any atom is -0.437 e. The SMILES string of the molecule is CCCC1CCN(B(C)O)CC1. The van der Waals surface area contributed by atoms with Crippen LogP contribution in [0.4, 0.5) is 0 Å². The van der Waals surface area contributed by atoms with Gasteiger partial charge in [-0.15, -0.1) is 0 Å². The Kier molecular flexibility index (Phi) is 4.09. The number of piperidine rings is 1. The first kappa shape index (κ1) is 10.1. The second-order valence-corrected chi connectivity index (χ2v) is 3.90. The molecule has 0 bridgehead atoms. The van der Waals surface area contributed by atoms with Gasteiger partial charge in [0.15, 0.2) is 0 Å². The summed E-state index contributed by atoms with van der Waals surface area (Å²) >= 11 is 0. The van der Waals surface area contributed by atoms with Crippen LogP contribution in [0.2, 0.25) is 6.82 Å². The molecule has 0 aromatic rings. The number of rotatable bonds is 3. The van der Waals surface area contributed by atoms with Crippen molar-refractivity contribution in [1.82, 2.24) is 4.81 Å². The summed E-state index contributed by atoms with van der Waals surface area (Å²) in [5.41, 5.74) is 0. The fourth-order valence-corrected chi connectivity index (χ4v) is 2.02. The van der Waals surface area contributed by atoms with Gasteiger partial charge in [-0.25, -0.2) is 0 Å². The highest BCUT2D eigenvalue weighted by Crippen LogP contribution is 2.21. The summed E-state index contributed by atoms with van der Waals surface area (Å²) in [6.45, 7) is 6.28. The van der Waals surface area contributed by atoms with Crippen LogP contribution in [0, 0.1) is 5.92 Å². The zero-order valence-corrected chi connectivity index (χ0v) is 8.29. The Morgan fingerprint density at radius 3 is 2.42 bits per heavy atom. The van der Waals surface area contributed by atoms with Crippen molar-refractivity contribution >= 4 is 7.05 Å². The lowest BCUT2D eigenvalue weighted by atomic mass is 9.80. The monoisotopic (exact) mass is 169 g/mol. The Balaban J connectivity index is 2.20. The maximum absolute atomic E-state index is 9.32. The van der Waals surface area contributed by atoms with Crippen molar-refractivity contribution in [1.29, 1.82) is 0 Å². The molecule has 0 saturated carbocycles. The van der Waals surface area contributed by atoms with E-state index >= 15 is 0 Å². The molecule has 0 atom stereocenters. The van der Waals surface area contributed by atoms with Crippen LogP contribution in [0.25, 0.3) is 0 Å². The molecule has 1 aliphatic rings. The van der Waals surface area contributed by atoms with E-state index in [1.165, 1.54) is 25.7 Å². The molecule has 12 heavy (non-hydrogen) atoms. The molecule has 70 valence electrons. The summed E-state index contributed by atoms with van der Waals surface area (Å²) in [5, 5.41) is 9.32. The fraction of sp³-hybridized carbons (Fsp3) is 1.00. The van der Waals surface area contributed by atoms with E-state index in [2.05, 4.69) is 11.7 Å². The highest BCUT2D eigenvalue weighted by atomic mass is 16.2. The Bertz CT molecular complexity index is 122. The van der Waals surface area contributed by atoms with Gasteiger partial charge in [0.05, 0.1) is 0 Å². The van der Waals surface area contributed by atoms with Crippen molar-refractivity contribution in [2.75, 3.05) is 13.1 Å². The van der Waals surface area contributed by atoms with E-state index in [0.717, 1.165) is 19.0 Å². The molecule has 1 aliphatic heterocycles. The van der Waals surface area contributed by atoms with Crippen LogP contribution in [0.3, 0.4) is 0 Å². The average Bonchev–Trinajstić information content (AvgIpc) is 2.06. The van der Waals surface area contributed by atoms with Gasteiger partial charge in [-0.05, 0) is 38.7 Å². The van der Waals surface area contributed by atoms with Crippen molar-refractivity contribution < 1.29 is 5.02 Å². The second-order valence-electron chi connectivity index (χ2n) is 3.90. The highest BCUT2D eigenvalue weighted by Gasteiger charge is 2.22. The van der Waals surface area contributed by atoms with Gasteiger partial charge in [-0.2, -0.15) is 0 Å². The van der Waals surface area contributed by atoms with Crippen molar-refractivity contribution in [2.45, 2.75) is 39.4 Å². The molecule has 0 aromatic heterocycles. The van der Waals surface area contributed by atoms with E-state index in [-0.39, 0.29) is 7.05 Å². The van der Waals surface area contributed by atoms with Gasteiger partial charge in [0.2, 0.25) is 0 Å². The molecule has 1 rings (SSSR count). The van der Waals surface area contributed by atoms with Crippen LogP contribution >= 0.6 is 0 Å². The van der Waals surface area contributed by atoms with Crippen LogP contribution in [0.5, 0.6) is 0 Å². The van der Waals surface area contributed by atoms with Gasteiger partial charge in [0, 0.05) is 0 Å². The van der Waals surface area contributed by atoms with E-state index in [4.69, 9.17) is 0 Å². The summed E-state index contributed by atoms with van der Waals surface area (Å²) in [4.78, 5) is 2.16. The zero-order valence-electron chi connectivity index (χ0n) is 8.29. The highest BCUT2D eigenvalue weighted by molar-refractivity contribution is 6.45. The van der Waals surface area contributed by atoms with E-state index in [9.17, 15) is 5.02 Å². The molecule has 2 nitrogen and oxygen atoms in total. The molecular formula is C9H20BNO. The summed E-state index contributed by atoms with van der Waals surface area (Å²) in [6.07, 6.45) is 5.23. The van der Waals surface area contributed by atoms with Crippen molar-refractivity contribution in [2.24, 2.45) is 5.92 Å². The van der Waals surface area contributed by atoms with Gasteiger partial charge >= 0.3 is 7.05 Å². The fourth-order valence-electron chi connectivity index (χ4n) is 2.02. The lowest BCUT2D eigenvalue weighted by Crippen LogP contribution is -2.42. The molecule has 0 unspecified atom stereocenters.